The molecule has 1 unspecified atom stereocenters. The Morgan fingerprint density at radius 3 is 2.67 bits per heavy atom. The van der Waals surface area contributed by atoms with E-state index in [1.807, 2.05) is 54.0 Å². The van der Waals surface area contributed by atoms with Crippen molar-refractivity contribution in [1.29, 1.82) is 0 Å². The molecule has 1 atom stereocenters. The van der Waals surface area contributed by atoms with Crippen LogP contribution < -0.4 is 19.5 Å². The molecule has 0 saturated carbocycles. The molecule has 1 aliphatic heterocycles. The lowest BCUT2D eigenvalue weighted by molar-refractivity contribution is -0.134. The number of alkyl halides is 2. The van der Waals surface area contributed by atoms with E-state index in [1.54, 1.807) is 30.3 Å². The van der Waals surface area contributed by atoms with Crippen LogP contribution in [0.4, 0.5) is 20.3 Å². The second-order valence-corrected chi connectivity index (χ2v) is 9.90. The predicted molar refractivity (Wildman–Crippen MR) is 147 cm³/mol. The highest BCUT2D eigenvalue weighted by Crippen LogP contribution is 2.39. The number of aromatic nitrogens is 4. The van der Waals surface area contributed by atoms with E-state index >= 15 is 0 Å². The molecule has 2 aromatic carbocycles. The number of pyridine rings is 1. The number of hydrogen-bond donors (Lipinski definition) is 1. The number of benzene rings is 2. The molecular weight excluding hydrogens is 518 g/mol. The van der Waals surface area contributed by atoms with E-state index in [0.29, 0.717) is 40.5 Å². The maximum atomic E-state index is 14.9. The second kappa shape index (κ2) is 10.2. The van der Waals surface area contributed by atoms with Gasteiger partial charge in [0.25, 0.3) is 5.92 Å². The van der Waals surface area contributed by atoms with Crippen LogP contribution in [0.15, 0.2) is 67.4 Å². The number of anilines is 2. The van der Waals surface area contributed by atoms with Crippen LogP contribution in [0.1, 0.15) is 12.0 Å². The van der Waals surface area contributed by atoms with E-state index < -0.39 is 12.0 Å². The molecule has 5 aromatic rings. The van der Waals surface area contributed by atoms with E-state index in [9.17, 15) is 8.78 Å². The summed E-state index contributed by atoms with van der Waals surface area (Å²) in [6, 6.07) is 12.7. The number of halogens is 2. The number of fused-ring (bicyclic) bond motifs is 2. The van der Waals surface area contributed by atoms with Crippen molar-refractivity contribution >= 4 is 28.1 Å². The molecule has 3 aromatic heterocycles. The molecule has 1 N–H and O–H groups in total. The smallest absolute Gasteiger partial charge is 0.296 e. The largest absolute Gasteiger partial charge is 0.497 e. The van der Waals surface area contributed by atoms with Gasteiger partial charge < -0.3 is 28.8 Å². The van der Waals surface area contributed by atoms with Gasteiger partial charge in [0.05, 0.1) is 24.6 Å². The lowest BCUT2D eigenvalue weighted by atomic mass is 10.0. The number of imidazole rings is 1. The van der Waals surface area contributed by atoms with Gasteiger partial charge in [0.2, 0.25) is 0 Å². The number of nitrogens with one attached hydrogen (secondary N) is 1. The number of aryl methyl sites for hydroxylation is 1. The van der Waals surface area contributed by atoms with Crippen molar-refractivity contribution in [2.45, 2.75) is 25.4 Å². The molecule has 40 heavy (non-hydrogen) atoms. The molecule has 4 heterocycles. The minimum Gasteiger partial charge on any atom is -0.497 e. The highest BCUT2D eigenvalue weighted by molar-refractivity contribution is 5.96. The van der Waals surface area contributed by atoms with Crippen LogP contribution in [0.3, 0.4) is 0 Å². The number of rotatable bonds is 7. The molecule has 6 rings (SSSR count). The fourth-order valence-electron chi connectivity index (χ4n) is 4.88. The van der Waals surface area contributed by atoms with Crippen LogP contribution in [-0.2, 0) is 0 Å². The summed E-state index contributed by atoms with van der Waals surface area (Å²) in [5.74, 6) is -0.539. The highest BCUT2D eigenvalue weighted by atomic mass is 19.3. The monoisotopic (exact) mass is 546 g/mol. The zero-order chi connectivity index (χ0) is 27.9. The molecule has 206 valence electrons. The zero-order valence-corrected chi connectivity index (χ0v) is 22.3. The third-order valence-electron chi connectivity index (χ3n) is 6.94. The summed E-state index contributed by atoms with van der Waals surface area (Å²) in [6.45, 7) is 2.08. The van der Waals surface area contributed by atoms with E-state index in [2.05, 4.69) is 20.3 Å². The van der Waals surface area contributed by atoms with Crippen molar-refractivity contribution in [1.82, 2.24) is 24.3 Å². The highest BCUT2D eigenvalue weighted by Gasteiger charge is 2.45. The van der Waals surface area contributed by atoms with Crippen LogP contribution in [0.2, 0.25) is 0 Å². The number of likely N-dealkylation sites (tertiary alicyclic amines) is 1. The zero-order valence-electron chi connectivity index (χ0n) is 22.3. The third kappa shape index (κ3) is 5.07. The first-order chi connectivity index (χ1) is 19.3. The van der Waals surface area contributed by atoms with Gasteiger partial charge in [-0.15, -0.1) is 0 Å². The Morgan fingerprint density at radius 1 is 1.00 bits per heavy atom. The average molecular weight is 547 g/mol. The molecule has 0 radical (unpaired) electrons. The Morgan fingerprint density at radius 2 is 1.88 bits per heavy atom. The Bertz CT molecular complexity index is 1690. The summed E-state index contributed by atoms with van der Waals surface area (Å²) < 4.78 is 49.1. The van der Waals surface area contributed by atoms with E-state index in [1.165, 1.54) is 13.4 Å². The maximum absolute atomic E-state index is 14.9. The Labute approximate surface area is 229 Å². The van der Waals surface area contributed by atoms with Crippen molar-refractivity contribution in [3.05, 3.63) is 72.9 Å². The lowest BCUT2D eigenvalue weighted by Gasteiger charge is -2.36. The average Bonchev–Trinajstić information content (AvgIpc) is 3.39. The van der Waals surface area contributed by atoms with Gasteiger partial charge in [-0.2, -0.15) is 0 Å². The summed E-state index contributed by atoms with van der Waals surface area (Å²) in [5.41, 5.74) is 2.92. The van der Waals surface area contributed by atoms with Gasteiger partial charge in [0.15, 0.2) is 6.10 Å². The fourth-order valence-corrected chi connectivity index (χ4v) is 4.88. The van der Waals surface area contributed by atoms with Crippen LogP contribution in [0, 0.1) is 6.92 Å². The number of piperidine rings is 1. The Balaban J connectivity index is 1.30. The molecule has 0 aliphatic carbocycles. The van der Waals surface area contributed by atoms with Crippen molar-refractivity contribution in [3.8, 4) is 23.0 Å². The first kappa shape index (κ1) is 25.8. The number of methoxy groups -OCH3 is 1. The first-order valence-electron chi connectivity index (χ1n) is 12.8. The molecule has 0 amide bonds. The lowest BCUT2D eigenvalue weighted by Crippen LogP contribution is -2.52. The topological polar surface area (TPSA) is 86.0 Å². The van der Waals surface area contributed by atoms with Crippen LogP contribution >= 0.6 is 0 Å². The van der Waals surface area contributed by atoms with Gasteiger partial charge in [-0.1, -0.05) is 0 Å². The maximum Gasteiger partial charge on any atom is 0.296 e. The van der Waals surface area contributed by atoms with Gasteiger partial charge in [0.1, 0.15) is 40.8 Å². The van der Waals surface area contributed by atoms with Gasteiger partial charge in [-0.05, 0) is 43.8 Å². The SMILES string of the molecule is COc1cc(OC2CCN(C)CC2(F)F)c2c(Nc3ccc(Oc4ccn5ccnc5c4)c(C)c3)ncnc2c1. The number of nitrogens with zero attached hydrogens (tertiary/aromatic N) is 5. The minimum atomic E-state index is -3.01. The Kier molecular flexibility index (Phi) is 6.59. The molecule has 1 saturated heterocycles. The van der Waals surface area contributed by atoms with Crippen LogP contribution in [-0.4, -0.2) is 63.5 Å². The molecule has 1 aliphatic rings. The molecule has 0 bridgehead atoms. The normalized spacial score (nSPS) is 17.2. The standard InChI is InChI=1S/C29H28F2N6O3/c1-18-12-19(4-5-23(18)39-20-6-10-37-11-8-32-26(37)15-20)35-28-27-22(33-17-34-28)13-21(38-3)14-24(27)40-25-7-9-36(2)16-29(25,30)31/h4-6,8,10-15,17,25H,7,9,16H2,1-3H3,(H,33,34,35). The number of hydrogen-bond acceptors (Lipinski definition) is 8. The molecule has 1 fully saturated rings. The molecule has 9 nitrogen and oxygen atoms in total. The van der Waals surface area contributed by atoms with Gasteiger partial charge >= 0.3 is 0 Å². The minimum absolute atomic E-state index is 0.187. The predicted octanol–water partition coefficient (Wildman–Crippen LogP) is 5.85. The molecular formula is C29H28F2N6O3. The van der Waals surface area contributed by atoms with Gasteiger partial charge in [0, 0.05) is 55.4 Å². The fraction of sp³-hybridized carbons (Fsp3) is 0.276. The quantitative estimate of drug-likeness (QED) is 0.272. The summed E-state index contributed by atoms with van der Waals surface area (Å²) in [5, 5.41) is 3.80. The van der Waals surface area contributed by atoms with Gasteiger partial charge in [-0.25, -0.2) is 23.7 Å². The summed E-state index contributed by atoms with van der Waals surface area (Å²) in [6.07, 6.45) is 5.80. The Hall–Kier alpha value is -4.51. The first-order valence-corrected chi connectivity index (χ1v) is 12.8. The summed E-state index contributed by atoms with van der Waals surface area (Å²) in [7, 11) is 3.19. The van der Waals surface area contributed by atoms with Crippen molar-refractivity contribution < 1.29 is 23.0 Å². The second-order valence-electron chi connectivity index (χ2n) is 9.90. The third-order valence-corrected chi connectivity index (χ3v) is 6.94. The molecule has 0 spiro atoms. The van der Waals surface area contributed by atoms with Gasteiger partial charge in [-0.3, -0.25) is 0 Å². The van der Waals surface area contributed by atoms with E-state index in [0.717, 1.165) is 16.9 Å². The number of ether oxygens (including phenoxy) is 3. The summed E-state index contributed by atoms with van der Waals surface area (Å²) in [4.78, 5) is 14.7. The van der Waals surface area contributed by atoms with Crippen LogP contribution in [0.25, 0.3) is 16.6 Å². The van der Waals surface area contributed by atoms with E-state index in [4.69, 9.17) is 14.2 Å². The van der Waals surface area contributed by atoms with Crippen molar-refractivity contribution in [2.24, 2.45) is 0 Å². The van der Waals surface area contributed by atoms with Crippen LogP contribution in [0.5, 0.6) is 23.0 Å². The van der Waals surface area contributed by atoms with E-state index in [-0.39, 0.29) is 18.7 Å². The molecule has 11 heteroatoms. The van der Waals surface area contributed by atoms with Crippen molar-refractivity contribution in [2.75, 3.05) is 32.6 Å². The van der Waals surface area contributed by atoms with Crippen molar-refractivity contribution in [3.63, 3.8) is 0 Å². The summed E-state index contributed by atoms with van der Waals surface area (Å²) >= 11 is 0.